The Hall–Kier alpha value is -2.10. The summed E-state index contributed by atoms with van der Waals surface area (Å²) in [6.07, 6.45) is 4.08. The van der Waals surface area contributed by atoms with Crippen LogP contribution in [-0.4, -0.2) is 20.3 Å². The summed E-state index contributed by atoms with van der Waals surface area (Å²) < 4.78 is 1.82. The minimum Gasteiger partial charge on any atom is -0.515 e. The van der Waals surface area contributed by atoms with Crippen molar-refractivity contribution in [2.45, 2.75) is 19.8 Å². The van der Waals surface area contributed by atoms with Crippen LogP contribution in [0.3, 0.4) is 0 Å². The molecule has 86 valence electrons. The maximum atomic E-state index is 12.1. The van der Waals surface area contributed by atoms with Gasteiger partial charge in [-0.25, -0.2) is 4.98 Å². The molecule has 3 rings (SSSR count). The molecule has 4 nitrogen and oxygen atoms in total. The normalized spacial score (nSPS) is 17.7. The van der Waals surface area contributed by atoms with Crippen LogP contribution in [-0.2, 0) is 6.42 Å². The van der Waals surface area contributed by atoms with Gasteiger partial charge in [0, 0.05) is 11.8 Å². The van der Waals surface area contributed by atoms with Gasteiger partial charge in [-0.05, 0) is 31.4 Å². The number of rotatable bonds is 0. The van der Waals surface area contributed by atoms with Gasteiger partial charge in [-0.3, -0.25) is 9.20 Å². The zero-order chi connectivity index (χ0) is 12.0. The molecule has 0 saturated carbocycles. The molecule has 17 heavy (non-hydrogen) atoms. The Kier molecular flexibility index (Phi) is 2.04. The number of imidazole rings is 1. The summed E-state index contributed by atoms with van der Waals surface area (Å²) in [5, 5.41) is 9.04. The molecule has 0 spiro atoms. The van der Waals surface area contributed by atoms with Crippen LogP contribution in [0.2, 0.25) is 0 Å². The lowest BCUT2D eigenvalue weighted by Crippen LogP contribution is -2.15. The highest BCUT2D eigenvalue weighted by atomic mass is 16.2. The third-order valence-corrected chi connectivity index (χ3v) is 3.13. The van der Waals surface area contributed by atoms with E-state index in [2.05, 4.69) is 4.98 Å². The number of carbonyl (C=O) groups is 1. The molecule has 2 heterocycles. The molecule has 0 unspecified atom stereocenters. The smallest absolute Gasteiger partial charge is 0.210 e. The molecule has 1 aliphatic carbocycles. The quantitative estimate of drug-likeness (QED) is 0.555. The molecule has 0 amide bonds. The third-order valence-electron chi connectivity index (χ3n) is 3.13. The van der Waals surface area contributed by atoms with Gasteiger partial charge < -0.3 is 5.11 Å². The van der Waals surface area contributed by atoms with E-state index in [0.29, 0.717) is 24.1 Å². The Morgan fingerprint density at radius 2 is 2.24 bits per heavy atom. The van der Waals surface area contributed by atoms with Gasteiger partial charge in [0.05, 0.1) is 12.0 Å². The van der Waals surface area contributed by atoms with Crippen LogP contribution < -0.4 is 0 Å². The SMILES string of the molecule is Cc1ccc2nc3c(n2c1)C(=O)/C(=C/O)CC3. The standard InChI is InChI=1S/C13H12N2O2/c1-8-2-5-11-14-10-4-3-9(7-16)13(17)12(10)15(11)6-8/h2,5-7,16H,3-4H2,1H3/b9-7+. The van der Waals surface area contributed by atoms with Crippen LogP contribution >= 0.6 is 0 Å². The van der Waals surface area contributed by atoms with Crippen LogP contribution in [0.5, 0.6) is 0 Å². The van der Waals surface area contributed by atoms with E-state index in [1.807, 2.05) is 29.7 Å². The van der Waals surface area contributed by atoms with Crippen molar-refractivity contribution in [3.63, 3.8) is 0 Å². The average Bonchev–Trinajstić information content (AvgIpc) is 2.68. The van der Waals surface area contributed by atoms with Crippen molar-refractivity contribution in [2.75, 3.05) is 0 Å². The number of aliphatic hydroxyl groups excluding tert-OH is 1. The summed E-state index contributed by atoms with van der Waals surface area (Å²) in [5.41, 5.74) is 3.74. The minimum absolute atomic E-state index is 0.119. The molecule has 0 aliphatic heterocycles. The lowest BCUT2D eigenvalue weighted by Gasteiger charge is -2.12. The predicted octanol–water partition coefficient (Wildman–Crippen LogP) is 2.21. The molecule has 0 radical (unpaired) electrons. The Balaban J connectivity index is 2.32. The molecule has 4 heteroatoms. The summed E-state index contributed by atoms with van der Waals surface area (Å²) in [7, 11) is 0. The fourth-order valence-corrected chi connectivity index (χ4v) is 2.26. The summed E-state index contributed by atoms with van der Waals surface area (Å²) in [6, 6.07) is 3.88. The first-order chi connectivity index (χ1) is 8.20. The molecule has 2 aromatic rings. The first-order valence-corrected chi connectivity index (χ1v) is 5.56. The Bertz CT molecular complexity index is 653. The van der Waals surface area contributed by atoms with E-state index in [9.17, 15) is 4.79 Å². The average molecular weight is 228 g/mol. The van der Waals surface area contributed by atoms with Gasteiger partial charge in [0.2, 0.25) is 5.78 Å². The van der Waals surface area contributed by atoms with Crippen LogP contribution in [0.1, 0.15) is 28.2 Å². The number of allylic oxidation sites excluding steroid dienone is 1. The highest BCUT2D eigenvalue weighted by Gasteiger charge is 2.27. The van der Waals surface area contributed by atoms with Crippen molar-refractivity contribution in [2.24, 2.45) is 0 Å². The Labute approximate surface area is 98.2 Å². The van der Waals surface area contributed by atoms with E-state index in [1.54, 1.807) is 0 Å². The fraction of sp³-hybridized carbons (Fsp3) is 0.231. The number of aromatic nitrogens is 2. The van der Waals surface area contributed by atoms with E-state index in [0.717, 1.165) is 23.2 Å². The molecular formula is C13H12N2O2. The molecule has 0 bridgehead atoms. The number of hydrogen-bond donors (Lipinski definition) is 1. The maximum Gasteiger partial charge on any atom is 0.210 e. The van der Waals surface area contributed by atoms with Crippen LogP contribution in [0.25, 0.3) is 5.65 Å². The fourth-order valence-electron chi connectivity index (χ4n) is 2.26. The van der Waals surface area contributed by atoms with Crippen LogP contribution in [0.15, 0.2) is 30.2 Å². The van der Waals surface area contributed by atoms with E-state index in [1.165, 1.54) is 0 Å². The Morgan fingerprint density at radius 3 is 3.00 bits per heavy atom. The van der Waals surface area contributed by atoms with E-state index >= 15 is 0 Å². The molecule has 0 aromatic carbocycles. The largest absolute Gasteiger partial charge is 0.515 e. The number of hydrogen-bond acceptors (Lipinski definition) is 3. The molecule has 2 aromatic heterocycles. The van der Waals surface area contributed by atoms with Gasteiger partial charge in [0.1, 0.15) is 11.3 Å². The van der Waals surface area contributed by atoms with Crippen molar-refractivity contribution in [3.8, 4) is 0 Å². The van der Waals surface area contributed by atoms with Crippen molar-refractivity contribution in [1.82, 2.24) is 9.38 Å². The van der Waals surface area contributed by atoms with E-state index in [4.69, 9.17) is 5.11 Å². The number of carbonyl (C=O) groups excluding carboxylic acids is 1. The second-order valence-corrected chi connectivity index (χ2v) is 4.33. The van der Waals surface area contributed by atoms with Crippen LogP contribution in [0.4, 0.5) is 0 Å². The number of aryl methyl sites for hydroxylation is 2. The number of ketones is 1. The highest BCUT2D eigenvalue weighted by molar-refractivity contribution is 6.09. The maximum absolute atomic E-state index is 12.1. The second kappa shape index (κ2) is 3.45. The van der Waals surface area contributed by atoms with Crippen LogP contribution in [0, 0.1) is 6.92 Å². The topological polar surface area (TPSA) is 54.6 Å². The number of pyridine rings is 1. The van der Waals surface area contributed by atoms with E-state index < -0.39 is 0 Å². The van der Waals surface area contributed by atoms with Crippen molar-refractivity contribution in [1.29, 1.82) is 0 Å². The Morgan fingerprint density at radius 1 is 1.41 bits per heavy atom. The number of nitrogens with zero attached hydrogens (tertiary/aromatic N) is 2. The summed E-state index contributed by atoms with van der Waals surface area (Å²) >= 11 is 0. The first-order valence-electron chi connectivity index (χ1n) is 5.56. The molecular weight excluding hydrogens is 216 g/mol. The number of aliphatic hydroxyl groups is 1. The van der Waals surface area contributed by atoms with Gasteiger partial charge in [-0.15, -0.1) is 0 Å². The zero-order valence-corrected chi connectivity index (χ0v) is 9.47. The predicted molar refractivity (Wildman–Crippen MR) is 63.3 cm³/mol. The van der Waals surface area contributed by atoms with Gasteiger partial charge in [-0.2, -0.15) is 0 Å². The molecule has 0 atom stereocenters. The first kappa shape index (κ1) is 10.1. The summed E-state index contributed by atoms with van der Waals surface area (Å²) in [5.74, 6) is -0.119. The van der Waals surface area contributed by atoms with Gasteiger partial charge in [0.15, 0.2) is 0 Å². The van der Waals surface area contributed by atoms with Gasteiger partial charge in [-0.1, -0.05) is 6.07 Å². The second-order valence-electron chi connectivity index (χ2n) is 4.33. The minimum atomic E-state index is -0.119. The van der Waals surface area contributed by atoms with Crippen molar-refractivity contribution >= 4 is 11.4 Å². The molecule has 1 N–H and O–H groups in total. The lowest BCUT2D eigenvalue weighted by molar-refractivity contribution is 0.101. The molecule has 0 fully saturated rings. The zero-order valence-electron chi connectivity index (χ0n) is 9.47. The lowest BCUT2D eigenvalue weighted by atomic mass is 9.95. The van der Waals surface area contributed by atoms with Gasteiger partial charge in [0.25, 0.3) is 0 Å². The van der Waals surface area contributed by atoms with Crippen molar-refractivity contribution in [3.05, 3.63) is 47.1 Å². The highest BCUT2D eigenvalue weighted by Crippen LogP contribution is 2.25. The van der Waals surface area contributed by atoms with E-state index in [-0.39, 0.29) is 5.78 Å². The summed E-state index contributed by atoms with van der Waals surface area (Å²) in [6.45, 7) is 1.97. The molecule has 0 saturated heterocycles. The van der Waals surface area contributed by atoms with Crippen molar-refractivity contribution < 1.29 is 9.90 Å². The number of fused-ring (bicyclic) bond motifs is 3. The monoisotopic (exact) mass is 228 g/mol. The van der Waals surface area contributed by atoms with Gasteiger partial charge >= 0.3 is 0 Å². The summed E-state index contributed by atoms with van der Waals surface area (Å²) in [4.78, 5) is 16.6. The number of Topliss-reactive ketones (excluding diaryl/α,β-unsaturated/α-hetero) is 1. The molecule has 1 aliphatic rings. The third kappa shape index (κ3) is 1.37.